The SMILES string of the molecule is CCC[C@@H](C)NC(=O)CSc1nnc(N2CCOCC2)n1CC. The van der Waals surface area contributed by atoms with Crippen molar-refractivity contribution in [2.24, 2.45) is 0 Å². The van der Waals surface area contributed by atoms with E-state index >= 15 is 0 Å². The largest absolute Gasteiger partial charge is 0.378 e. The van der Waals surface area contributed by atoms with Crippen LogP contribution in [0.5, 0.6) is 0 Å². The summed E-state index contributed by atoms with van der Waals surface area (Å²) >= 11 is 1.44. The molecule has 0 aromatic carbocycles. The highest BCUT2D eigenvalue weighted by Gasteiger charge is 2.20. The van der Waals surface area contributed by atoms with E-state index in [9.17, 15) is 4.79 Å². The van der Waals surface area contributed by atoms with Crippen molar-refractivity contribution in [1.82, 2.24) is 20.1 Å². The van der Waals surface area contributed by atoms with Crippen LogP contribution in [-0.4, -0.2) is 58.8 Å². The second-order valence-corrected chi connectivity index (χ2v) is 6.61. The van der Waals surface area contributed by atoms with Gasteiger partial charge in [-0.3, -0.25) is 9.36 Å². The first-order chi connectivity index (χ1) is 11.2. The van der Waals surface area contributed by atoms with Crippen LogP contribution in [0.3, 0.4) is 0 Å². The van der Waals surface area contributed by atoms with Gasteiger partial charge >= 0.3 is 0 Å². The molecule has 1 aromatic rings. The molecule has 1 aromatic heterocycles. The first-order valence-electron chi connectivity index (χ1n) is 8.33. The lowest BCUT2D eigenvalue weighted by atomic mass is 10.2. The maximum Gasteiger partial charge on any atom is 0.230 e. The van der Waals surface area contributed by atoms with Crippen LogP contribution >= 0.6 is 11.8 Å². The second-order valence-electron chi connectivity index (χ2n) is 5.67. The van der Waals surface area contributed by atoms with Gasteiger partial charge in [0.25, 0.3) is 0 Å². The van der Waals surface area contributed by atoms with E-state index in [1.54, 1.807) is 0 Å². The lowest BCUT2D eigenvalue weighted by Crippen LogP contribution is -2.38. The summed E-state index contributed by atoms with van der Waals surface area (Å²) in [5.41, 5.74) is 0. The van der Waals surface area contributed by atoms with E-state index in [2.05, 4.69) is 38.8 Å². The zero-order chi connectivity index (χ0) is 16.7. The number of morpholine rings is 1. The van der Waals surface area contributed by atoms with Crippen molar-refractivity contribution in [3.63, 3.8) is 0 Å². The minimum absolute atomic E-state index is 0.0505. The Morgan fingerprint density at radius 1 is 1.35 bits per heavy atom. The molecule has 1 aliphatic heterocycles. The molecule has 8 heteroatoms. The summed E-state index contributed by atoms with van der Waals surface area (Å²) in [6.45, 7) is 10.1. The van der Waals surface area contributed by atoms with Crippen molar-refractivity contribution < 1.29 is 9.53 Å². The van der Waals surface area contributed by atoms with Crippen LogP contribution < -0.4 is 10.2 Å². The highest BCUT2D eigenvalue weighted by atomic mass is 32.2. The average Bonchev–Trinajstić information content (AvgIpc) is 2.96. The summed E-state index contributed by atoms with van der Waals surface area (Å²) in [7, 11) is 0. The van der Waals surface area contributed by atoms with Gasteiger partial charge < -0.3 is 15.0 Å². The van der Waals surface area contributed by atoms with Crippen molar-refractivity contribution in [3.8, 4) is 0 Å². The third-order valence-electron chi connectivity index (χ3n) is 3.77. The third kappa shape index (κ3) is 5.10. The van der Waals surface area contributed by atoms with Crippen molar-refractivity contribution >= 4 is 23.6 Å². The number of carbonyl (C=O) groups is 1. The Kier molecular flexibility index (Phi) is 7.16. The fourth-order valence-corrected chi connectivity index (χ4v) is 3.42. The van der Waals surface area contributed by atoms with Gasteiger partial charge in [-0.2, -0.15) is 0 Å². The number of ether oxygens (including phenoxy) is 1. The topological polar surface area (TPSA) is 72.3 Å². The molecule has 0 saturated carbocycles. The quantitative estimate of drug-likeness (QED) is 0.723. The van der Waals surface area contributed by atoms with Crippen molar-refractivity contribution in [2.75, 3.05) is 37.0 Å². The fraction of sp³-hybridized carbons (Fsp3) is 0.800. The molecule has 0 radical (unpaired) electrons. The molecule has 1 aliphatic rings. The third-order valence-corrected chi connectivity index (χ3v) is 4.74. The molecule has 0 unspecified atom stereocenters. The van der Waals surface area contributed by atoms with E-state index < -0.39 is 0 Å². The van der Waals surface area contributed by atoms with Gasteiger partial charge in [0, 0.05) is 25.7 Å². The maximum atomic E-state index is 12.0. The highest BCUT2D eigenvalue weighted by molar-refractivity contribution is 7.99. The maximum absolute atomic E-state index is 12.0. The smallest absolute Gasteiger partial charge is 0.230 e. The lowest BCUT2D eigenvalue weighted by molar-refractivity contribution is -0.119. The molecule has 0 bridgehead atoms. The number of carbonyl (C=O) groups excluding carboxylic acids is 1. The summed E-state index contributed by atoms with van der Waals surface area (Å²) in [6, 6.07) is 0.223. The van der Waals surface area contributed by atoms with Gasteiger partial charge in [-0.25, -0.2) is 0 Å². The molecule has 7 nitrogen and oxygen atoms in total. The highest BCUT2D eigenvalue weighted by Crippen LogP contribution is 2.22. The molecule has 130 valence electrons. The standard InChI is InChI=1S/C15H27N5O2S/c1-4-6-12(3)16-13(21)11-23-15-18-17-14(20(15)5-2)19-7-9-22-10-8-19/h12H,4-11H2,1-3H3,(H,16,21)/t12-/m1/s1. The van der Waals surface area contributed by atoms with Gasteiger partial charge in [0.1, 0.15) is 0 Å². The van der Waals surface area contributed by atoms with Crippen molar-refractivity contribution in [2.45, 2.75) is 51.4 Å². The molecule has 1 amide bonds. The molecule has 1 saturated heterocycles. The molecule has 2 rings (SSSR count). The molecular weight excluding hydrogens is 314 g/mol. The summed E-state index contributed by atoms with van der Waals surface area (Å²) in [6.07, 6.45) is 2.07. The zero-order valence-corrected chi connectivity index (χ0v) is 15.1. The van der Waals surface area contributed by atoms with Gasteiger partial charge in [0.2, 0.25) is 11.9 Å². The van der Waals surface area contributed by atoms with Gasteiger partial charge in [-0.15, -0.1) is 10.2 Å². The second kappa shape index (κ2) is 9.12. The van der Waals surface area contributed by atoms with Gasteiger partial charge in [0.05, 0.1) is 19.0 Å². The Morgan fingerprint density at radius 2 is 2.09 bits per heavy atom. The number of nitrogens with zero attached hydrogens (tertiary/aromatic N) is 4. The van der Waals surface area contributed by atoms with E-state index in [1.165, 1.54) is 11.8 Å². The number of amides is 1. The number of rotatable bonds is 8. The minimum Gasteiger partial charge on any atom is -0.378 e. The van der Waals surface area contributed by atoms with Crippen LogP contribution in [0.4, 0.5) is 5.95 Å². The number of nitrogens with one attached hydrogen (secondary N) is 1. The summed E-state index contributed by atoms with van der Waals surface area (Å²) in [5.74, 6) is 1.29. The van der Waals surface area contributed by atoms with Crippen LogP contribution in [0.1, 0.15) is 33.6 Å². The van der Waals surface area contributed by atoms with Crippen LogP contribution in [0, 0.1) is 0 Å². The monoisotopic (exact) mass is 341 g/mol. The van der Waals surface area contributed by atoms with E-state index in [4.69, 9.17) is 4.74 Å². The molecule has 0 spiro atoms. The van der Waals surface area contributed by atoms with E-state index in [1.807, 2.05) is 6.92 Å². The van der Waals surface area contributed by atoms with Gasteiger partial charge in [-0.05, 0) is 20.3 Å². The van der Waals surface area contributed by atoms with Gasteiger partial charge in [-0.1, -0.05) is 25.1 Å². The average molecular weight is 341 g/mol. The Hall–Kier alpha value is -1.28. The van der Waals surface area contributed by atoms with Crippen molar-refractivity contribution in [1.29, 1.82) is 0 Å². The molecule has 1 N–H and O–H groups in total. The Balaban J connectivity index is 1.92. The Bertz CT molecular complexity index is 502. The van der Waals surface area contributed by atoms with Crippen LogP contribution in [0.2, 0.25) is 0 Å². The normalized spacial score (nSPS) is 16.4. The number of hydrogen-bond acceptors (Lipinski definition) is 6. The van der Waals surface area contributed by atoms with Crippen LogP contribution in [-0.2, 0) is 16.1 Å². The first-order valence-corrected chi connectivity index (χ1v) is 9.32. The molecule has 2 heterocycles. The van der Waals surface area contributed by atoms with E-state index in [-0.39, 0.29) is 11.9 Å². The fourth-order valence-electron chi connectivity index (χ4n) is 2.61. The number of thioether (sulfide) groups is 1. The number of hydrogen-bond donors (Lipinski definition) is 1. The first kappa shape index (κ1) is 18.1. The molecular formula is C15H27N5O2S. The number of anilines is 1. The molecule has 1 fully saturated rings. The summed E-state index contributed by atoms with van der Waals surface area (Å²) in [5, 5.41) is 12.4. The summed E-state index contributed by atoms with van der Waals surface area (Å²) < 4.78 is 7.45. The van der Waals surface area contributed by atoms with Crippen molar-refractivity contribution in [3.05, 3.63) is 0 Å². The number of aromatic nitrogens is 3. The molecule has 0 aliphatic carbocycles. The van der Waals surface area contributed by atoms with Crippen LogP contribution in [0.25, 0.3) is 0 Å². The zero-order valence-electron chi connectivity index (χ0n) is 14.2. The lowest BCUT2D eigenvalue weighted by Gasteiger charge is -2.27. The van der Waals surface area contributed by atoms with Crippen LogP contribution in [0.15, 0.2) is 5.16 Å². The predicted molar refractivity (Wildman–Crippen MR) is 92.0 cm³/mol. The summed E-state index contributed by atoms with van der Waals surface area (Å²) in [4.78, 5) is 14.2. The molecule has 1 atom stereocenters. The molecule has 23 heavy (non-hydrogen) atoms. The minimum atomic E-state index is 0.0505. The predicted octanol–water partition coefficient (Wildman–Crippen LogP) is 1.53. The Labute approximate surface area is 142 Å². The van der Waals surface area contributed by atoms with E-state index in [0.29, 0.717) is 5.75 Å². The van der Waals surface area contributed by atoms with E-state index in [0.717, 1.165) is 56.8 Å². The Morgan fingerprint density at radius 3 is 2.74 bits per heavy atom. The van der Waals surface area contributed by atoms with Gasteiger partial charge in [0.15, 0.2) is 5.16 Å².